The van der Waals surface area contributed by atoms with E-state index in [-0.39, 0.29) is 0 Å². The molecule has 0 saturated carbocycles. The predicted octanol–water partition coefficient (Wildman–Crippen LogP) is 4.34. The molecule has 0 aliphatic heterocycles. The summed E-state index contributed by atoms with van der Waals surface area (Å²) >= 11 is 0. The molecule has 3 aromatic heterocycles. The number of aliphatic imine (C=N–C) groups is 1. The summed E-state index contributed by atoms with van der Waals surface area (Å²) in [5, 5.41) is 16.5. The summed E-state index contributed by atoms with van der Waals surface area (Å²) in [5.41, 5.74) is 4.83. The highest BCUT2D eigenvalue weighted by Gasteiger charge is 2.14. The standard InChI is InChI=1S/C20H22N9/c1-5-28(6-2)14-7-8-15(13(3)11-14)24-17-18(21-4)27-29-19(25-26-20(17)29)16-12-22-9-10-23-16/h7-12,27H,4-6H2,1-3H3/q-1. The van der Waals surface area contributed by atoms with E-state index in [9.17, 15) is 0 Å². The molecular weight excluding hydrogens is 366 g/mol. The van der Waals surface area contributed by atoms with Crippen LogP contribution in [0.25, 0.3) is 22.5 Å². The zero-order chi connectivity index (χ0) is 20.4. The van der Waals surface area contributed by atoms with E-state index in [0.717, 1.165) is 24.3 Å². The second-order valence-corrected chi connectivity index (χ2v) is 6.50. The van der Waals surface area contributed by atoms with Crippen molar-refractivity contribution in [3.8, 4) is 11.5 Å². The van der Waals surface area contributed by atoms with E-state index in [0.29, 0.717) is 28.7 Å². The summed E-state index contributed by atoms with van der Waals surface area (Å²) in [6, 6.07) is 6.24. The molecule has 0 amide bonds. The smallest absolute Gasteiger partial charge is 0.203 e. The Labute approximate surface area is 168 Å². The number of nitrogens with zero attached hydrogens (tertiary/aromatic N) is 8. The average Bonchev–Trinajstić information content (AvgIpc) is 3.31. The van der Waals surface area contributed by atoms with Gasteiger partial charge in [0.2, 0.25) is 5.82 Å². The molecule has 1 N–H and O–H groups in total. The van der Waals surface area contributed by atoms with E-state index in [2.05, 4.69) is 67.9 Å². The fourth-order valence-electron chi connectivity index (χ4n) is 3.27. The van der Waals surface area contributed by atoms with Crippen LogP contribution in [0.1, 0.15) is 19.4 Å². The normalized spacial score (nSPS) is 11.0. The molecule has 29 heavy (non-hydrogen) atoms. The van der Waals surface area contributed by atoms with Gasteiger partial charge in [0.25, 0.3) is 0 Å². The van der Waals surface area contributed by atoms with Crippen LogP contribution in [0.3, 0.4) is 0 Å². The van der Waals surface area contributed by atoms with Crippen LogP contribution in [0.4, 0.5) is 22.9 Å². The number of anilines is 1. The zero-order valence-corrected chi connectivity index (χ0v) is 16.7. The summed E-state index contributed by atoms with van der Waals surface area (Å²) in [6.07, 6.45) is 4.85. The Kier molecular flexibility index (Phi) is 4.94. The topological polar surface area (TPSA) is 101 Å². The lowest BCUT2D eigenvalue weighted by Gasteiger charge is -2.27. The van der Waals surface area contributed by atoms with Gasteiger partial charge >= 0.3 is 0 Å². The van der Waals surface area contributed by atoms with Crippen molar-refractivity contribution in [3.05, 3.63) is 47.7 Å². The van der Waals surface area contributed by atoms with E-state index in [1.54, 1.807) is 23.1 Å². The SMILES string of the molecule is C=Nc1[nH]n2c(-c3cnccn3)nnc2c1[N-]c1ccc(N(CC)CC)cc1C. The molecular formula is C20H22N9-. The van der Waals surface area contributed by atoms with Gasteiger partial charge in [-0.05, 0) is 45.3 Å². The van der Waals surface area contributed by atoms with Crippen LogP contribution < -0.4 is 4.90 Å². The molecule has 0 bridgehead atoms. The van der Waals surface area contributed by atoms with Crippen molar-refractivity contribution in [2.75, 3.05) is 18.0 Å². The molecule has 0 spiro atoms. The minimum Gasteiger partial charge on any atom is -0.651 e. The van der Waals surface area contributed by atoms with Gasteiger partial charge in [0.1, 0.15) is 11.5 Å². The summed E-state index contributed by atoms with van der Waals surface area (Å²) in [5.74, 6) is 1.06. The lowest BCUT2D eigenvalue weighted by atomic mass is 10.1. The molecule has 0 atom stereocenters. The van der Waals surface area contributed by atoms with Crippen LogP contribution in [0.15, 0.2) is 41.8 Å². The molecule has 0 radical (unpaired) electrons. The van der Waals surface area contributed by atoms with Gasteiger partial charge in [0.15, 0.2) is 5.65 Å². The number of aromatic amines is 1. The van der Waals surface area contributed by atoms with Crippen molar-refractivity contribution >= 4 is 35.2 Å². The highest BCUT2D eigenvalue weighted by atomic mass is 15.4. The number of hydrogen-bond donors (Lipinski definition) is 1. The Balaban J connectivity index is 1.73. The van der Waals surface area contributed by atoms with E-state index in [1.165, 1.54) is 5.69 Å². The number of fused-ring (bicyclic) bond motifs is 1. The Bertz CT molecular complexity index is 1140. The summed E-state index contributed by atoms with van der Waals surface area (Å²) in [6.45, 7) is 11.9. The monoisotopic (exact) mass is 388 g/mol. The van der Waals surface area contributed by atoms with Gasteiger partial charge < -0.3 is 10.2 Å². The van der Waals surface area contributed by atoms with Crippen molar-refractivity contribution in [1.29, 1.82) is 0 Å². The molecule has 148 valence electrons. The second-order valence-electron chi connectivity index (χ2n) is 6.50. The maximum Gasteiger partial charge on any atom is 0.203 e. The minimum absolute atomic E-state index is 0.521. The van der Waals surface area contributed by atoms with Crippen molar-refractivity contribution in [2.45, 2.75) is 20.8 Å². The minimum atomic E-state index is 0.521. The Morgan fingerprint density at radius 2 is 2.03 bits per heavy atom. The third kappa shape index (κ3) is 3.31. The quantitative estimate of drug-likeness (QED) is 0.475. The Morgan fingerprint density at radius 3 is 2.69 bits per heavy atom. The molecule has 4 rings (SSSR count). The number of H-pyrrole nitrogens is 1. The number of nitrogens with one attached hydrogen (secondary N) is 1. The second kappa shape index (κ2) is 7.70. The summed E-state index contributed by atoms with van der Waals surface area (Å²) in [7, 11) is 0. The van der Waals surface area contributed by atoms with E-state index >= 15 is 0 Å². The van der Waals surface area contributed by atoms with Crippen molar-refractivity contribution in [1.82, 2.24) is 29.8 Å². The van der Waals surface area contributed by atoms with Crippen LogP contribution in [0.5, 0.6) is 0 Å². The van der Waals surface area contributed by atoms with Gasteiger partial charge in [-0.2, -0.15) is 0 Å². The number of hydrogen-bond acceptors (Lipinski definition) is 6. The van der Waals surface area contributed by atoms with E-state index in [1.807, 2.05) is 13.0 Å². The number of aromatic nitrogens is 6. The molecule has 3 heterocycles. The first kappa shape index (κ1) is 18.6. The van der Waals surface area contributed by atoms with Gasteiger partial charge in [0.05, 0.1) is 6.20 Å². The van der Waals surface area contributed by atoms with Crippen molar-refractivity contribution in [3.63, 3.8) is 0 Å². The summed E-state index contributed by atoms with van der Waals surface area (Å²) < 4.78 is 1.70. The first-order valence-electron chi connectivity index (χ1n) is 9.43. The van der Waals surface area contributed by atoms with Crippen LogP contribution in [-0.2, 0) is 0 Å². The van der Waals surface area contributed by atoms with Crippen molar-refractivity contribution < 1.29 is 0 Å². The summed E-state index contributed by atoms with van der Waals surface area (Å²) in [4.78, 5) is 14.8. The lowest BCUT2D eigenvalue weighted by Crippen LogP contribution is -2.21. The number of rotatable bonds is 7. The molecule has 0 aliphatic carbocycles. The molecule has 0 aliphatic rings. The number of aryl methyl sites for hydroxylation is 1. The molecule has 1 aromatic carbocycles. The Hall–Kier alpha value is -3.75. The van der Waals surface area contributed by atoms with Gasteiger partial charge in [0, 0.05) is 31.2 Å². The van der Waals surface area contributed by atoms with Gasteiger partial charge in [-0.1, -0.05) is 11.6 Å². The highest BCUT2D eigenvalue weighted by molar-refractivity contribution is 5.89. The predicted molar refractivity (Wildman–Crippen MR) is 115 cm³/mol. The van der Waals surface area contributed by atoms with Crippen LogP contribution >= 0.6 is 0 Å². The Morgan fingerprint density at radius 1 is 1.21 bits per heavy atom. The number of benzene rings is 1. The maximum atomic E-state index is 4.82. The third-order valence-electron chi connectivity index (χ3n) is 4.81. The molecule has 0 fully saturated rings. The molecule has 0 saturated heterocycles. The highest BCUT2D eigenvalue weighted by Crippen LogP contribution is 2.43. The molecule has 9 heteroatoms. The van der Waals surface area contributed by atoms with Gasteiger partial charge in [-0.15, -0.1) is 15.9 Å². The molecule has 4 aromatic rings. The molecule has 0 unspecified atom stereocenters. The van der Waals surface area contributed by atoms with Crippen LogP contribution in [0, 0.1) is 6.92 Å². The maximum absolute atomic E-state index is 4.82. The average molecular weight is 388 g/mol. The van der Waals surface area contributed by atoms with Crippen molar-refractivity contribution in [2.24, 2.45) is 4.99 Å². The van der Waals surface area contributed by atoms with E-state index < -0.39 is 0 Å². The first-order valence-corrected chi connectivity index (χ1v) is 9.43. The largest absolute Gasteiger partial charge is 0.651 e. The zero-order valence-electron chi connectivity index (χ0n) is 16.7. The van der Waals surface area contributed by atoms with Gasteiger partial charge in [-0.25, -0.2) is 14.5 Å². The van der Waals surface area contributed by atoms with Crippen LogP contribution in [-0.4, -0.2) is 49.6 Å². The van der Waals surface area contributed by atoms with Crippen LogP contribution in [0.2, 0.25) is 0 Å². The first-order chi connectivity index (χ1) is 14.2. The lowest BCUT2D eigenvalue weighted by molar-refractivity contribution is 0.866. The van der Waals surface area contributed by atoms with Gasteiger partial charge in [-0.3, -0.25) is 10.1 Å². The molecule has 9 nitrogen and oxygen atoms in total. The fourth-order valence-corrected chi connectivity index (χ4v) is 3.27. The third-order valence-corrected chi connectivity index (χ3v) is 4.81. The fraction of sp³-hybridized carbons (Fsp3) is 0.250. The van der Waals surface area contributed by atoms with E-state index in [4.69, 9.17) is 5.32 Å².